The van der Waals surface area contributed by atoms with Crippen molar-refractivity contribution < 1.29 is 4.79 Å². The van der Waals surface area contributed by atoms with Gasteiger partial charge in [0.1, 0.15) is 5.78 Å². The SMILES string of the molecule is C[C@@H]1CC[C@@H](N)CC1=O. The van der Waals surface area contributed by atoms with Gasteiger partial charge in [0.25, 0.3) is 0 Å². The first kappa shape index (κ1) is 6.75. The maximum absolute atomic E-state index is 10.9. The molecule has 2 N–H and O–H groups in total. The molecule has 0 aromatic heterocycles. The number of carbonyl (C=O) groups is 1. The second kappa shape index (κ2) is 2.48. The third-order valence-electron chi connectivity index (χ3n) is 1.98. The van der Waals surface area contributed by atoms with Gasteiger partial charge < -0.3 is 5.73 Å². The molecule has 2 heteroatoms. The Morgan fingerprint density at radius 2 is 2.22 bits per heavy atom. The van der Waals surface area contributed by atoms with E-state index in [1.165, 1.54) is 0 Å². The summed E-state index contributed by atoms with van der Waals surface area (Å²) in [6.07, 6.45) is 2.61. The van der Waals surface area contributed by atoms with Crippen LogP contribution in [-0.2, 0) is 4.79 Å². The largest absolute Gasteiger partial charge is 0.327 e. The smallest absolute Gasteiger partial charge is 0.137 e. The average Bonchev–Trinajstić information content (AvgIpc) is 1.80. The average molecular weight is 127 g/mol. The Kier molecular flexibility index (Phi) is 1.86. The lowest BCUT2D eigenvalue weighted by atomic mass is 9.87. The Labute approximate surface area is 55.4 Å². The van der Waals surface area contributed by atoms with Gasteiger partial charge in [-0.3, -0.25) is 4.79 Å². The summed E-state index contributed by atoms with van der Waals surface area (Å²) >= 11 is 0. The molecule has 2 atom stereocenters. The summed E-state index contributed by atoms with van der Waals surface area (Å²) in [5.74, 6) is 0.610. The summed E-state index contributed by atoms with van der Waals surface area (Å²) < 4.78 is 0. The maximum atomic E-state index is 10.9. The topological polar surface area (TPSA) is 43.1 Å². The Hall–Kier alpha value is -0.370. The minimum absolute atomic E-state index is 0.147. The molecule has 1 aliphatic carbocycles. The Morgan fingerprint density at radius 1 is 1.56 bits per heavy atom. The Balaban J connectivity index is 2.44. The maximum Gasteiger partial charge on any atom is 0.137 e. The van der Waals surface area contributed by atoms with Crippen LogP contribution in [0.3, 0.4) is 0 Å². The van der Waals surface area contributed by atoms with Crippen LogP contribution in [0.2, 0.25) is 0 Å². The van der Waals surface area contributed by atoms with Crippen molar-refractivity contribution in [1.29, 1.82) is 0 Å². The van der Waals surface area contributed by atoms with Crippen molar-refractivity contribution in [3.63, 3.8) is 0 Å². The first-order chi connectivity index (χ1) is 4.20. The molecule has 0 aliphatic heterocycles. The number of nitrogens with two attached hydrogens (primary N) is 1. The highest BCUT2D eigenvalue weighted by Crippen LogP contribution is 2.18. The van der Waals surface area contributed by atoms with Gasteiger partial charge in [-0.15, -0.1) is 0 Å². The lowest BCUT2D eigenvalue weighted by Crippen LogP contribution is -2.32. The molecular formula is C7H13NO. The molecule has 0 amide bonds. The molecule has 0 aromatic rings. The van der Waals surface area contributed by atoms with Gasteiger partial charge in [0.15, 0.2) is 0 Å². The first-order valence-electron chi connectivity index (χ1n) is 3.48. The second-order valence-electron chi connectivity index (χ2n) is 2.91. The summed E-state index contributed by atoms with van der Waals surface area (Å²) in [4.78, 5) is 10.9. The van der Waals surface area contributed by atoms with Crippen LogP contribution in [-0.4, -0.2) is 11.8 Å². The molecule has 0 aromatic carbocycles. The zero-order chi connectivity index (χ0) is 6.85. The van der Waals surface area contributed by atoms with Crippen molar-refractivity contribution in [3.8, 4) is 0 Å². The van der Waals surface area contributed by atoms with Crippen molar-refractivity contribution in [2.45, 2.75) is 32.2 Å². The normalized spacial score (nSPS) is 36.9. The van der Waals surface area contributed by atoms with Crippen LogP contribution in [0, 0.1) is 5.92 Å². The lowest BCUT2D eigenvalue weighted by Gasteiger charge is -2.21. The first-order valence-corrected chi connectivity index (χ1v) is 3.48. The van der Waals surface area contributed by atoms with E-state index in [1.54, 1.807) is 0 Å². The number of hydrogen-bond acceptors (Lipinski definition) is 2. The van der Waals surface area contributed by atoms with E-state index < -0.39 is 0 Å². The van der Waals surface area contributed by atoms with Crippen LogP contribution < -0.4 is 5.73 Å². The monoisotopic (exact) mass is 127 g/mol. The number of carbonyl (C=O) groups excluding carboxylic acids is 1. The predicted octanol–water partition coefficient (Wildman–Crippen LogP) is 0.703. The van der Waals surface area contributed by atoms with E-state index in [4.69, 9.17) is 5.73 Å². The summed E-state index contributed by atoms with van der Waals surface area (Å²) in [5.41, 5.74) is 5.57. The van der Waals surface area contributed by atoms with Crippen molar-refractivity contribution in [3.05, 3.63) is 0 Å². The van der Waals surface area contributed by atoms with E-state index in [0.29, 0.717) is 12.2 Å². The van der Waals surface area contributed by atoms with Crippen LogP contribution in [0.1, 0.15) is 26.2 Å². The molecule has 2 nitrogen and oxygen atoms in total. The Bertz CT molecular complexity index is 122. The van der Waals surface area contributed by atoms with Gasteiger partial charge in [0.05, 0.1) is 0 Å². The minimum Gasteiger partial charge on any atom is -0.327 e. The zero-order valence-electron chi connectivity index (χ0n) is 5.76. The summed E-state index contributed by atoms with van der Waals surface area (Å²) in [5, 5.41) is 0. The van der Waals surface area contributed by atoms with Gasteiger partial charge in [-0.2, -0.15) is 0 Å². The molecule has 0 unspecified atom stereocenters. The van der Waals surface area contributed by atoms with Crippen LogP contribution >= 0.6 is 0 Å². The summed E-state index contributed by atoms with van der Waals surface area (Å²) in [6.45, 7) is 1.98. The quantitative estimate of drug-likeness (QED) is 0.520. The van der Waals surface area contributed by atoms with Crippen LogP contribution in [0.25, 0.3) is 0 Å². The predicted molar refractivity (Wildman–Crippen MR) is 36.0 cm³/mol. The van der Waals surface area contributed by atoms with Crippen molar-refractivity contribution in [2.75, 3.05) is 0 Å². The molecule has 0 heterocycles. The van der Waals surface area contributed by atoms with E-state index in [2.05, 4.69) is 0 Å². The summed E-state index contributed by atoms with van der Waals surface area (Å²) in [7, 11) is 0. The van der Waals surface area contributed by atoms with Gasteiger partial charge in [-0.25, -0.2) is 0 Å². The zero-order valence-corrected chi connectivity index (χ0v) is 5.76. The van der Waals surface area contributed by atoms with E-state index in [1.807, 2.05) is 6.92 Å². The number of hydrogen-bond donors (Lipinski definition) is 1. The van der Waals surface area contributed by atoms with Gasteiger partial charge >= 0.3 is 0 Å². The van der Waals surface area contributed by atoms with Crippen LogP contribution in [0.4, 0.5) is 0 Å². The van der Waals surface area contributed by atoms with E-state index in [9.17, 15) is 4.79 Å². The van der Waals surface area contributed by atoms with E-state index in [-0.39, 0.29) is 12.0 Å². The molecule has 52 valence electrons. The van der Waals surface area contributed by atoms with Crippen LogP contribution in [0.5, 0.6) is 0 Å². The lowest BCUT2D eigenvalue weighted by molar-refractivity contribution is -0.124. The number of rotatable bonds is 0. The van der Waals surface area contributed by atoms with Crippen molar-refractivity contribution >= 4 is 5.78 Å². The molecule has 1 fully saturated rings. The fourth-order valence-corrected chi connectivity index (χ4v) is 1.19. The highest BCUT2D eigenvalue weighted by atomic mass is 16.1. The molecule has 9 heavy (non-hydrogen) atoms. The van der Waals surface area contributed by atoms with Gasteiger partial charge in [-0.1, -0.05) is 6.92 Å². The second-order valence-corrected chi connectivity index (χ2v) is 2.91. The molecule has 0 bridgehead atoms. The van der Waals surface area contributed by atoms with Gasteiger partial charge in [-0.05, 0) is 12.8 Å². The van der Waals surface area contributed by atoms with E-state index >= 15 is 0 Å². The van der Waals surface area contributed by atoms with Crippen molar-refractivity contribution in [1.82, 2.24) is 0 Å². The molecule has 0 radical (unpaired) electrons. The third-order valence-corrected chi connectivity index (χ3v) is 1.98. The standard InChI is InChI=1S/C7H13NO/c1-5-2-3-6(8)4-7(5)9/h5-6H,2-4,8H2,1H3/t5-,6-/m1/s1. The third kappa shape index (κ3) is 1.52. The minimum atomic E-state index is 0.147. The highest BCUT2D eigenvalue weighted by Gasteiger charge is 2.22. The number of Topliss-reactive ketones (excluding diaryl/α,β-unsaturated/α-hetero) is 1. The molecule has 1 rings (SSSR count). The Morgan fingerprint density at radius 3 is 2.67 bits per heavy atom. The van der Waals surface area contributed by atoms with Crippen LogP contribution in [0.15, 0.2) is 0 Å². The van der Waals surface area contributed by atoms with Gasteiger partial charge in [0.2, 0.25) is 0 Å². The highest BCUT2D eigenvalue weighted by molar-refractivity contribution is 5.81. The fourth-order valence-electron chi connectivity index (χ4n) is 1.19. The molecular weight excluding hydrogens is 114 g/mol. The van der Waals surface area contributed by atoms with Gasteiger partial charge in [0, 0.05) is 18.4 Å². The fraction of sp³-hybridized carbons (Fsp3) is 0.857. The molecule has 1 aliphatic rings. The molecule has 0 saturated heterocycles. The van der Waals surface area contributed by atoms with Crippen molar-refractivity contribution in [2.24, 2.45) is 11.7 Å². The van der Waals surface area contributed by atoms with E-state index in [0.717, 1.165) is 12.8 Å². The molecule has 0 spiro atoms. The summed E-state index contributed by atoms with van der Waals surface area (Å²) in [6, 6.07) is 0.147. The number of ketones is 1. The molecule has 1 saturated carbocycles.